The Morgan fingerprint density at radius 3 is 1.48 bits per heavy atom. The van der Waals surface area contributed by atoms with Gasteiger partial charge in [-0.25, -0.2) is 4.79 Å². The molecule has 0 spiro atoms. The maximum Gasteiger partial charge on any atom is 0.315 e. The zero-order valence-electron chi connectivity index (χ0n) is 25.3. The van der Waals surface area contributed by atoms with Gasteiger partial charge in [0, 0.05) is 25.2 Å². The summed E-state index contributed by atoms with van der Waals surface area (Å²) in [5.74, 6) is -0.927. The minimum atomic E-state index is -1.32. The fourth-order valence-electron chi connectivity index (χ4n) is 5.01. The molecule has 10 N–H and O–H groups in total. The van der Waals surface area contributed by atoms with Crippen molar-refractivity contribution in [2.75, 3.05) is 32.8 Å². The molecule has 0 aromatic carbocycles. The van der Waals surface area contributed by atoms with Crippen LogP contribution in [0.2, 0.25) is 0 Å². The van der Waals surface area contributed by atoms with E-state index in [4.69, 9.17) is 9.47 Å². The summed E-state index contributed by atoms with van der Waals surface area (Å²) in [6, 6.07) is -0.363. The third-order valence-electron chi connectivity index (χ3n) is 7.54. The highest BCUT2D eigenvalue weighted by Crippen LogP contribution is 2.28. The van der Waals surface area contributed by atoms with Gasteiger partial charge in [-0.15, -0.1) is 0 Å². The number of aliphatic hydroxyl groups excluding tert-OH is 6. The van der Waals surface area contributed by atoms with Crippen LogP contribution in [0.3, 0.4) is 0 Å². The Morgan fingerprint density at radius 2 is 1.11 bits per heavy atom. The number of thiol groups is 2. The van der Waals surface area contributed by atoms with E-state index in [2.05, 4.69) is 46.5 Å². The molecule has 2 saturated heterocycles. The molecular formula is C27H50N4O11S2. The van der Waals surface area contributed by atoms with Crippen LogP contribution in [0, 0.1) is 5.92 Å². The molecule has 0 aromatic heterocycles. The number of hydrogen-bond acceptors (Lipinski definition) is 13. The molecule has 0 saturated carbocycles. The molecule has 44 heavy (non-hydrogen) atoms. The fourth-order valence-corrected chi connectivity index (χ4v) is 5.71. The van der Waals surface area contributed by atoms with Gasteiger partial charge in [-0.3, -0.25) is 9.59 Å². The van der Waals surface area contributed by atoms with Gasteiger partial charge in [0.25, 0.3) is 0 Å². The quantitative estimate of drug-likeness (QED) is 0.0835. The van der Waals surface area contributed by atoms with Crippen LogP contribution >= 0.6 is 25.3 Å². The largest absolute Gasteiger partial charge is 0.394 e. The maximum absolute atomic E-state index is 12.6. The first-order valence-corrected chi connectivity index (χ1v) is 15.8. The third-order valence-corrected chi connectivity index (χ3v) is 8.82. The van der Waals surface area contributed by atoms with Crippen LogP contribution < -0.4 is 21.3 Å². The van der Waals surface area contributed by atoms with E-state index in [0.717, 1.165) is 0 Å². The second kappa shape index (κ2) is 18.1. The molecule has 15 nitrogen and oxygen atoms in total. The first kappa shape index (κ1) is 38.8. The molecule has 0 bridgehead atoms. The van der Waals surface area contributed by atoms with Crippen LogP contribution in [0.1, 0.15) is 46.5 Å². The van der Waals surface area contributed by atoms with Crippen LogP contribution in [-0.4, -0.2) is 146 Å². The average Bonchev–Trinajstić information content (AvgIpc) is 2.95. The van der Waals surface area contributed by atoms with Gasteiger partial charge in [-0.2, -0.15) is 25.3 Å². The molecule has 2 heterocycles. The zero-order chi connectivity index (χ0) is 33.2. The van der Waals surface area contributed by atoms with Crippen molar-refractivity contribution >= 4 is 43.1 Å². The summed E-state index contributed by atoms with van der Waals surface area (Å²) >= 11 is 8.52. The lowest BCUT2D eigenvalue weighted by Crippen LogP contribution is -2.57. The van der Waals surface area contributed by atoms with Gasteiger partial charge in [0.2, 0.25) is 11.8 Å². The molecule has 2 rings (SSSR count). The lowest BCUT2D eigenvalue weighted by molar-refractivity contribution is -0.178. The lowest BCUT2D eigenvalue weighted by atomic mass is 9.95. The Kier molecular flexibility index (Phi) is 15.9. The molecule has 10 atom stereocenters. The monoisotopic (exact) mass is 670 g/mol. The van der Waals surface area contributed by atoms with Crippen LogP contribution in [0.25, 0.3) is 0 Å². The second-order valence-corrected chi connectivity index (χ2v) is 13.6. The number of aliphatic hydroxyl groups is 6. The first-order valence-electron chi connectivity index (χ1n) is 14.8. The van der Waals surface area contributed by atoms with Crippen molar-refractivity contribution < 1.29 is 54.5 Å². The number of ether oxygens (including phenoxy) is 2. The Bertz CT molecular complexity index is 871. The topological polar surface area (TPSA) is 239 Å². The van der Waals surface area contributed by atoms with Gasteiger partial charge in [0.05, 0.1) is 61.0 Å². The van der Waals surface area contributed by atoms with Crippen molar-refractivity contribution in [2.45, 2.75) is 111 Å². The number of carbonyl (C=O) groups is 3. The predicted molar refractivity (Wildman–Crippen MR) is 165 cm³/mol. The number of hydrogen-bond donors (Lipinski definition) is 12. The number of urea groups is 1. The molecular weight excluding hydrogens is 620 g/mol. The Hall–Kier alpha value is -1.41. The Balaban J connectivity index is 1.88. The molecule has 2 fully saturated rings. The van der Waals surface area contributed by atoms with Crippen LogP contribution in [0.5, 0.6) is 0 Å². The molecule has 4 amide bonds. The molecule has 0 unspecified atom stereocenters. The fraction of sp³-hybridized carbons (Fsp3) is 0.889. The summed E-state index contributed by atoms with van der Waals surface area (Å²) in [6.07, 6.45) is -8.34. The van der Waals surface area contributed by atoms with E-state index < -0.39 is 78.1 Å². The van der Waals surface area contributed by atoms with Gasteiger partial charge in [0.1, 0.15) is 24.4 Å². The predicted octanol–water partition coefficient (Wildman–Crippen LogP) is -2.95. The average molecular weight is 671 g/mol. The van der Waals surface area contributed by atoms with Gasteiger partial charge in [-0.05, 0) is 39.5 Å². The second-order valence-electron chi connectivity index (χ2n) is 12.4. The minimum absolute atomic E-state index is 0.153. The highest BCUT2D eigenvalue weighted by Gasteiger charge is 2.44. The van der Waals surface area contributed by atoms with Crippen molar-refractivity contribution in [3.63, 3.8) is 0 Å². The van der Waals surface area contributed by atoms with Gasteiger partial charge < -0.3 is 61.4 Å². The summed E-state index contributed by atoms with van der Waals surface area (Å²) < 4.78 is 11.1. The Morgan fingerprint density at radius 1 is 0.705 bits per heavy atom. The van der Waals surface area contributed by atoms with Gasteiger partial charge >= 0.3 is 6.03 Å². The summed E-state index contributed by atoms with van der Waals surface area (Å²) in [5.41, 5.74) is -0.447. The third kappa shape index (κ3) is 12.1. The summed E-state index contributed by atoms with van der Waals surface area (Å²) in [5, 5.41) is 68.6. The van der Waals surface area contributed by atoms with Crippen molar-refractivity contribution in [1.82, 2.24) is 21.3 Å². The number of carbonyl (C=O) groups excluding carboxylic acids is 3. The molecule has 17 heteroatoms. The van der Waals surface area contributed by atoms with Crippen molar-refractivity contribution in [3.05, 3.63) is 0 Å². The summed E-state index contributed by atoms with van der Waals surface area (Å²) in [6.45, 7) is 5.21. The van der Waals surface area contributed by atoms with E-state index >= 15 is 0 Å². The summed E-state index contributed by atoms with van der Waals surface area (Å²) in [7, 11) is 0. The first-order chi connectivity index (χ1) is 20.6. The van der Waals surface area contributed by atoms with E-state index in [9.17, 15) is 45.0 Å². The van der Waals surface area contributed by atoms with Gasteiger partial charge in [0.15, 0.2) is 0 Å². The molecule has 0 aliphatic carbocycles. The number of amides is 4. The normalized spacial score (nSPS) is 32.6. The minimum Gasteiger partial charge on any atom is -0.394 e. The van der Waals surface area contributed by atoms with E-state index in [-0.39, 0.29) is 56.2 Å². The summed E-state index contributed by atoms with van der Waals surface area (Å²) in [4.78, 5) is 37.5. The van der Waals surface area contributed by atoms with Crippen molar-refractivity contribution in [3.8, 4) is 0 Å². The van der Waals surface area contributed by atoms with Gasteiger partial charge in [-0.1, -0.05) is 0 Å². The molecule has 256 valence electrons. The highest BCUT2D eigenvalue weighted by atomic mass is 32.1. The van der Waals surface area contributed by atoms with Crippen LogP contribution in [0.4, 0.5) is 4.79 Å². The maximum atomic E-state index is 12.6. The molecule has 0 aromatic rings. The van der Waals surface area contributed by atoms with E-state index in [0.29, 0.717) is 12.8 Å². The zero-order valence-corrected chi connectivity index (χ0v) is 27.1. The Labute approximate surface area is 268 Å². The molecule has 2 aliphatic rings. The number of nitrogens with one attached hydrogen (secondary N) is 4. The lowest BCUT2D eigenvalue weighted by Gasteiger charge is -2.40. The van der Waals surface area contributed by atoms with E-state index in [1.165, 1.54) is 0 Å². The van der Waals surface area contributed by atoms with Crippen LogP contribution in [0.15, 0.2) is 0 Å². The van der Waals surface area contributed by atoms with Crippen molar-refractivity contribution in [1.29, 1.82) is 0 Å². The van der Waals surface area contributed by atoms with E-state index in [1.54, 1.807) is 0 Å². The van der Waals surface area contributed by atoms with Crippen LogP contribution in [-0.2, 0) is 19.1 Å². The van der Waals surface area contributed by atoms with Crippen molar-refractivity contribution in [2.24, 2.45) is 5.92 Å². The standard InChI is InChI=1S/C27H50N4O11S2/c1-27(2,3)31-26(40)30-10-13(4-6-28-18(34)8-14-24(43)22(38)20(36)16(11-32)41-14)5-7-29-19(35)9-15-25(44)23(39)21(37)17(12-33)42-15/h13-17,20-25,32-33,36-39,43-44H,4-12H2,1-3H3,(H,28,34)(H,29,35)(H2,30,31,40)/t14-,15-,16+,17+,20-,21-,22-,23-,24-,25-/m0/s1. The highest BCUT2D eigenvalue weighted by molar-refractivity contribution is 7.81. The molecule has 2 aliphatic heterocycles. The SMILES string of the molecule is CC(C)(C)NC(=O)NCC(CCNC(=O)C[C@@H]1O[C@H](CO)[C@H](O)[C@H](O)[C@H]1S)CCNC(=O)C[C@@H]1O[C@H](CO)[C@H](O)[C@H](O)[C@H]1S. The smallest absolute Gasteiger partial charge is 0.315 e. The van der Waals surface area contributed by atoms with E-state index in [1.807, 2.05) is 20.8 Å². The number of rotatable bonds is 14. The molecule has 0 radical (unpaired) electrons.